The first-order valence-electron chi connectivity index (χ1n) is 11.1. The van der Waals surface area contributed by atoms with Crippen molar-refractivity contribution in [3.8, 4) is 6.07 Å². The highest BCUT2D eigenvalue weighted by Gasteiger charge is 2.44. The molecule has 1 saturated heterocycles. The largest absolute Gasteiger partial charge is 0.416 e. The van der Waals surface area contributed by atoms with Crippen LogP contribution >= 0.6 is 7.60 Å². The van der Waals surface area contributed by atoms with Crippen molar-refractivity contribution >= 4 is 24.4 Å². The monoisotopic (exact) mass is 557 g/mol. The van der Waals surface area contributed by atoms with Gasteiger partial charge in [0.25, 0.3) is 0 Å². The average molecular weight is 557 g/mol. The normalized spacial score (nSPS) is 22.9. The van der Waals surface area contributed by atoms with Crippen molar-refractivity contribution in [3.63, 3.8) is 0 Å². The number of rotatable bonds is 8. The molecule has 3 heterocycles. The van der Waals surface area contributed by atoms with Gasteiger partial charge in [-0.25, -0.2) is 9.97 Å². The van der Waals surface area contributed by atoms with Crippen LogP contribution in [0.5, 0.6) is 0 Å². The summed E-state index contributed by atoms with van der Waals surface area (Å²) in [5.41, 5.74) is -0.102. The van der Waals surface area contributed by atoms with Crippen LogP contribution in [0.15, 0.2) is 36.5 Å². The fraction of sp³-hybridized carbons (Fsp3) is 0.409. The molecule has 38 heavy (non-hydrogen) atoms. The first kappa shape index (κ1) is 27.9. The molecule has 4 rings (SSSR count). The van der Waals surface area contributed by atoms with E-state index < -0.39 is 62.9 Å². The molecular formula is C22H23F3N5O7P. The molecule has 3 aromatic rings. The second-order valence-electron chi connectivity index (χ2n) is 8.66. The number of anilines is 1. The molecule has 0 spiro atoms. The number of aromatic nitrogens is 3. The Morgan fingerprint density at radius 2 is 1.89 bits per heavy atom. The molecule has 5 N–H and O–H groups in total. The first-order valence-corrected chi connectivity index (χ1v) is 12.9. The van der Waals surface area contributed by atoms with E-state index in [2.05, 4.69) is 15.3 Å². The Bertz CT molecular complexity index is 1390. The van der Waals surface area contributed by atoms with Crippen LogP contribution in [0.4, 0.5) is 19.0 Å². The molecule has 5 atom stereocenters. The summed E-state index contributed by atoms with van der Waals surface area (Å²) in [4.78, 5) is 26.2. The van der Waals surface area contributed by atoms with Gasteiger partial charge >= 0.3 is 13.8 Å². The molecule has 204 valence electrons. The van der Waals surface area contributed by atoms with Gasteiger partial charge in [0.05, 0.1) is 17.6 Å². The van der Waals surface area contributed by atoms with E-state index in [1.807, 2.05) is 6.07 Å². The van der Waals surface area contributed by atoms with Crippen LogP contribution in [0.25, 0.3) is 11.0 Å². The number of nitrogens with zero attached hydrogens (tertiary/aromatic N) is 4. The van der Waals surface area contributed by atoms with E-state index >= 15 is 0 Å². The predicted octanol–water partition coefficient (Wildman–Crippen LogP) is 2.27. The number of aliphatic hydroxyl groups excluding tert-OH is 2. The molecule has 1 fully saturated rings. The Kier molecular flexibility index (Phi) is 7.78. The van der Waals surface area contributed by atoms with E-state index in [4.69, 9.17) is 19.3 Å². The fourth-order valence-corrected chi connectivity index (χ4v) is 4.38. The zero-order valence-corrected chi connectivity index (χ0v) is 20.5. The van der Waals surface area contributed by atoms with Gasteiger partial charge in [-0.2, -0.15) is 18.4 Å². The van der Waals surface area contributed by atoms with E-state index in [9.17, 15) is 33.2 Å². The minimum Gasteiger partial charge on any atom is -0.387 e. The summed E-state index contributed by atoms with van der Waals surface area (Å²) < 4.78 is 61.6. The maximum Gasteiger partial charge on any atom is 0.416 e. The Labute approximate surface area is 213 Å². The van der Waals surface area contributed by atoms with Crippen molar-refractivity contribution in [1.29, 1.82) is 5.26 Å². The third kappa shape index (κ3) is 5.97. The smallest absolute Gasteiger partial charge is 0.387 e. The lowest BCUT2D eigenvalue weighted by Gasteiger charge is -2.19. The maximum absolute atomic E-state index is 12.9. The van der Waals surface area contributed by atoms with Gasteiger partial charge in [0, 0.05) is 12.2 Å². The van der Waals surface area contributed by atoms with Crippen molar-refractivity contribution in [2.45, 2.75) is 43.7 Å². The van der Waals surface area contributed by atoms with E-state index in [1.54, 1.807) is 13.0 Å². The fourth-order valence-electron chi connectivity index (χ4n) is 4.03. The Hall–Kier alpha value is -3.09. The quantitative estimate of drug-likeness (QED) is 0.256. The van der Waals surface area contributed by atoms with Gasteiger partial charge in [0.1, 0.15) is 42.2 Å². The Balaban J connectivity index is 1.59. The molecule has 0 aliphatic carbocycles. The highest BCUT2D eigenvalue weighted by atomic mass is 31.2. The zero-order chi connectivity index (χ0) is 27.8. The lowest BCUT2D eigenvalue weighted by atomic mass is 10.1. The molecule has 0 radical (unpaired) electrons. The van der Waals surface area contributed by atoms with E-state index in [0.29, 0.717) is 10.9 Å². The number of fused-ring (bicyclic) bond motifs is 1. The van der Waals surface area contributed by atoms with Crippen molar-refractivity contribution in [2.24, 2.45) is 0 Å². The molecule has 0 unspecified atom stereocenters. The SMILES string of the molecule is C[C@H](Nc1nc(C#N)nc2c1ccn2[C@@H]1O[C@H](COCP(=O)(O)O)[C@@H](O)[C@H]1O)c1ccc(C(F)(F)F)cc1. The number of halogens is 3. The second kappa shape index (κ2) is 10.6. The molecule has 12 nitrogen and oxygen atoms in total. The van der Waals surface area contributed by atoms with Crippen LogP contribution < -0.4 is 5.32 Å². The van der Waals surface area contributed by atoms with Gasteiger partial charge in [0.2, 0.25) is 5.82 Å². The highest BCUT2D eigenvalue weighted by Crippen LogP contribution is 2.37. The van der Waals surface area contributed by atoms with Crippen molar-refractivity contribution < 1.29 is 47.2 Å². The number of hydrogen-bond acceptors (Lipinski definition) is 9. The van der Waals surface area contributed by atoms with Crippen molar-refractivity contribution in [2.75, 3.05) is 18.3 Å². The van der Waals surface area contributed by atoms with Crippen molar-refractivity contribution in [3.05, 3.63) is 53.5 Å². The number of ether oxygens (including phenoxy) is 2. The minimum atomic E-state index is -4.47. The molecular weight excluding hydrogens is 534 g/mol. The Morgan fingerprint density at radius 3 is 2.50 bits per heavy atom. The third-order valence-corrected chi connectivity index (χ3v) is 6.44. The number of aliphatic hydroxyl groups is 2. The van der Waals surface area contributed by atoms with Gasteiger partial charge in [-0.15, -0.1) is 0 Å². The van der Waals surface area contributed by atoms with Gasteiger partial charge in [-0.3, -0.25) is 4.57 Å². The third-order valence-electron chi connectivity index (χ3n) is 5.92. The molecule has 1 aromatic carbocycles. The first-order chi connectivity index (χ1) is 17.8. The highest BCUT2D eigenvalue weighted by molar-refractivity contribution is 7.51. The lowest BCUT2D eigenvalue weighted by Crippen LogP contribution is -2.33. The van der Waals surface area contributed by atoms with E-state index in [1.165, 1.54) is 22.9 Å². The average Bonchev–Trinajstić information content (AvgIpc) is 3.39. The number of nitrogens with one attached hydrogen (secondary N) is 1. The summed E-state index contributed by atoms with van der Waals surface area (Å²) in [7, 11) is -4.44. The molecule has 0 saturated carbocycles. The number of alkyl halides is 3. The van der Waals surface area contributed by atoms with Crippen LogP contribution in [0.3, 0.4) is 0 Å². The summed E-state index contributed by atoms with van der Waals surface area (Å²) in [6, 6.07) is 7.46. The predicted molar refractivity (Wildman–Crippen MR) is 125 cm³/mol. The molecule has 1 aliphatic heterocycles. The molecule has 16 heteroatoms. The van der Waals surface area contributed by atoms with Crippen LogP contribution in [-0.4, -0.2) is 65.8 Å². The maximum atomic E-state index is 12.9. The van der Waals surface area contributed by atoms with Crippen molar-refractivity contribution in [1.82, 2.24) is 14.5 Å². The molecule has 1 aliphatic rings. The van der Waals surface area contributed by atoms with E-state index in [0.717, 1.165) is 12.1 Å². The summed E-state index contributed by atoms with van der Waals surface area (Å²) >= 11 is 0. The molecule has 0 bridgehead atoms. The molecule has 0 amide bonds. The van der Waals surface area contributed by atoms with Crippen LogP contribution in [0.1, 0.15) is 36.1 Å². The van der Waals surface area contributed by atoms with E-state index in [-0.39, 0.29) is 17.3 Å². The van der Waals surface area contributed by atoms with Crippen LogP contribution in [-0.2, 0) is 20.2 Å². The number of nitriles is 1. The second-order valence-corrected chi connectivity index (χ2v) is 10.3. The van der Waals surface area contributed by atoms with Crippen LogP contribution in [0, 0.1) is 11.3 Å². The van der Waals surface area contributed by atoms with Gasteiger partial charge in [-0.05, 0) is 30.7 Å². The van der Waals surface area contributed by atoms with Crippen LogP contribution in [0.2, 0.25) is 0 Å². The molecule has 2 aromatic heterocycles. The topological polar surface area (TPSA) is 183 Å². The minimum absolute atomic E-state index is 0.159. The standard InChI is InChI=1S/C22H23F3N5O7P/c1-11(12-2-4-13(5-3-12)22(23,24)25)27-19-14-6-7-30(20(14)29-16(8-26)28-19)21-18(32)17(31)15(37-21)9-36-10-38(33,34)35/h2-7,11,15,17-18,21,31-32H,9-10H2,1H3,(H,27,28,29)(H2,33,34,35)/t11-,15+,17+,18+,21+/m0/s1. The number of benzene rings is 1. The number of hydrogen-bond donors (Lipinski definition) is 5. The van der Waals surface area contributed by atoms with Gasteiger partial charge < -0.3 is 39.4 Å². The summed E-state index contributed by atoms with van der Waals surface area (Å²) in [5, 5.41) is 33.9. The van der Waals surface area contributed by atoms with Gasteiger partial charge in [-0.1, -0.05) is 12.1 Å². The Morgan fingerprint density at radius 1 is 1.21 bits per heavy atom. The van der Waals surface area contributed by atoms with Gasteiger partial charge in [0.15, 0.2) is 6.23 Å². The lowest BCUT2D eigenvalue weighted by molar-refractivity contribution is -0.137. The zero-order valence-electron chi connectivity index (χ0n) is 19.6. The summed E-state index contributed by atoms with van der Waals surface area (Å²) in [6.45, 7) is 1.29. The summed E-state index contributed by atoms with van der Waals surface area (Å²) in [5.74, 6) is -0.0404. The summed E-state index contributed by atoms with van der Waals surface area (Å²) in [6.07, 6.45) is -9.11.